The smallest absolute Gasteiger partial charge is 0.410 e. The molecule has 1 aliphatic heterocycles. The summed E-state index contributed by atoms with van der Waals surface area (Å²) in [5.74, 6) is -2.32. The molecule has 1 aromatic rings. The molecule has 2 rings (SSSR count). The Bertz CT molecular complexity index is 701. The average molecular weight is 437 g/mol. The third-order valence-electron chi connectivity index (χ3n) is 3.84. The molecule has 9 heteroatoms. The van der Waals surface area contributed by atoms with E-state index in [-0.39, 0.29) is 31.7 Å². The minimum atomic E-state index is -0.930. The molecule has 1 saturated heterocycles. The second-order valence-corrected chi connectivity index (χ2v) is 7.30. The maximum Gasteiger partial charge on any atom is 0.410 e. The third kappa shape index (κ3) is 7.44. The lowest BCUT2D eigenvalue weighted by atomic mass is 10.1. The van der Waals surface area contributed by atoms with E-state index in [1.54, 1.807) is 20.8 Å². The molecule has 1 aromatic carbocycles. The molecule has 166 valence electrons. The van der Waals surface area contributed by atoms with E-state index in [0.717, 1.165) is 13.2 Å². The predicted octanol–water partition coefficient (Wildman–Crippen LogP) is 4.25. The molecule has 1 aliphatic rings. The molecule has 29 heavy (non-hydrogen) atoms. The molecule has 2 amide bonds. The Hall–Kier alpha value is -1.93. The minimum Gasteiger partial charge on any atom is -0.444 e. The first-order valence-corrected chi connectivity index (χ1v) is 9.75. The van der Waals surface area contributed by atoms with Gasteiger partial charge in [0.05, 0.1) is 10.6 Å². The maximum atomic E-state index is 14.2. The van der Waals surface area contributed by atoms with Gasteiger partial charge in [0.15, 0.2) is 5.82 Å². The highest BCUT2D eigenvalue weighted by Gasteiger charge is 2.30. The number of aliphatic hydroxyl groups excluding tert-OH is 1. The summed E-state index contributed by atoms with van der Waals surface area (Å²) >= 11 is 5.74. The van der Waals surface area contributed by atoms with E-state index in [4.69, 9.17) is 21.4 Å². The number of benzene rings is 1. The fourth-order valence-electron chi connectivity index (χ4n) is 2.43. The molecular formula is C20H31ClF2N2O4. The first-order chi connectivity index (χ1) is 13.5. The Labute approximate surface area is 176 Å². The number of piperazine rings is 1. The molecule has 0 aliphatic carbocycles. The summed E-state index contributed by atoms with van der Waals surface area (Å²) in [6.45, 7) is 11.5. The van der Waals surface area contributed by atoms with Gasteiger partial charge in [-0.05, 0) is 33.8 Å². The average Bonchev–Trinajstić information content (AvgIpc) is 2.70. The van der Waals surface area contributed by atoms with Crippen molar-refractivity contribution in [2.75, 3.05) is 33.3 Å². The highest BCUT2D eigenvalue weighted by atomic mass is 35.5. The SMILES string of the molecule is CC.CO.Cc1c(F)cc(C(=O)N2CCN(C(=O)OC(C)(C)C)CC2)c(F)c1Cl. The van der Waals surface area contributed by atoms with Crippen LogP contribution < -0.4 is 0 Å². The molecule has 0 radical (unpaired) electrons. The highest BCUT2D eigenvalue weighted by Crippen LogP contribution is 2.26. The Morgan fingerprint density at radius 2 is 1.52 bits per heavy atom. The number of halogens is 3. The second kappa shape index (κ2) is 11.9. The van der Waals surface area contributed by atoms with Crippen molar-refractivity contribution in [2.45, 2.75) is 47.1 Å². The Morgan fingerprint density at radius 1 is 1.07 bits per heavy atom. The number of amides is 2. The molecule has 0 saturated carbocycles. The molecule has 6 nitrogen and oxygen atoms in total. The number of hydrogen-bond acceptors (Lipinski definition) is 4. The van der Waals surface area contributed by atoms with Crippen LogP contribution in [0.4, 0.5) is 13.6 Å². The largest absolute Gasteiger partial charge is 0.444 e. The van der Waals surface area contributed by atoms with E-state index in [0.29, 0.717) is 0 Å². The van der Waals surface area contributed by atoms with Crippen LogP contribution in [0, 0.1) is 18.6 Å². The number of nitrogens with zero attached hydrogens (tertiary/aromatic N) is 2. The van der Waals surface area contributed by atoms with Gasteiger partial charge >= 0.3 is 6.09 Å². The third-order valence-corrected chi connectivity index (χ3v) is 4.29. The number of aliphatic hydroxyl groups is 1. The van der Waals surface area contributed by atoms with Gasteiger partial charge in [-0.15, -0.1) is 0 Å². The highest BCUT2D eigenvalue weighted by molar-refractivity contribution is 6.31. The molecule has 0 unspecified atom stereocenters. The van der Waals surface area contributed by atoms with Gasteiger partial charge in [-0.25, -0.2) is 13.6 Å². The molecule has 0 atom stereocenters. The lowest BCUT2D eigenvalue weighted by molar-refractivity contribution is 0.0140. The predicted molar refractivity (Wildman–Crippen MR) is 109 cm³/mol. The van der Waals surface area contributed by atoms with Gasteiger partial charge < -0.3 is 19.6 Å². The zero-order valence-electron chi connectivity index (χ0n) is 18.1. The molecule has 1 fully saturated rings. The van der Waals surface area contributed by atoms with Crippen molar-refractivity contribution in [1.29, 1.82) is 0 Å². The summed E-state index contributed by atoms with van der Waals surface area (Å²) in [7, 11) is 1.00. The van der Waals surface area contributed by atoms with Crippen LogP contribution in [0.25, 0.3) is 0 Å². The molecular weight excluding hydrogens is 406 g/mol. The van der Waals surface area contributed by atoms with Crippen molar-refractivity contribution >= 4 is 23.6 Å². The maximum absolute atomic E-state index is 14.2. The Balaban J connectivity index is 0.00000184. The number of carbonyl (C=O) groups is 2. The lowest BCUT2D eigenvalue weighted by Gasteiger charge is -2.35. The van der Waals surface area contributed by atoms with Crippen LogP contribution in [0.2, 0.25) is 5.02 Å². The van der Waals surface area contributed by atoms with Crippen LogP contribution in [-0.4, -0.2) is 65.8 Å². The Morgan fingerprint density at radius 3 is 1.97 bits per heavy atom. The molecule has 0 bridgehead atoms. The fraction of sp³-hybridized carbons (Fsp3) is 0.600. The van der Waals surface area contributed by atoms with Gasteiger partial charge in [0, 0.05) is 38.9 Å². The van der Waals surface area contributed by atoms with E-state index in [9.17, 15) is 18.4 Å². The number of ether oxygens (including phenoxy) is 1. The van der Waals surface area contributed by atoms with Crippen LogP contribution in [-0.2, 0) is 4.74 Å². The second-order valence-electron chi connectivity index (χ2n) is 6.92. The quantitative estimate of drug-likeness (QED) is 0.668. The fourth-order valence-corrected chi connectivity index (χ4v) is 2.62. The van der Waals surface area contributed by atoms with Gasteiger partial charge in [-0.2, -0.15) is 0 Å². The van der Waals surface area contributed by atoms with Gasteiger partial charge in [0.25, 0.3) is 5.91 Å². The van der Waals surface area contributed by atoms with E-state index >= 15 is 0 Å². The van der Waals surface area contributed by atoms with Crippen molar-refractivity contribution in [3.05, 3.63) is 33.9 Å². The van der Waals surface area contributed by atoms with E-state index < -0.39 is 39.8 Å². The first kappa shape index (κ1) is 27.1. The summed E-state index contributed by atoms with van der Waals surface area (Å²) in [5, 5.41) is 6.61. The van der Waals surface area contributed by atoms with Crippen LogP contribution in [0.15, 0.2) is 6.07 Å². The summed E-state index contributed by atoms with van der Waals surface area (Å²) < 4.78 is 33.3. The topological polar surface area (TPSA) is 70.1 Å². The van der Waals surface area contributed by atoms with Crippen molar-refractivity contribution < 1.29 is 28.2 Å². The van der Waals surface area contributed by atoms with E-state index in [1.165, 1.54) is 16.7 Å². The van der Waals surface area contributed by atoms with Gasteiger partial charge in [0.1, 0.15) is 11.4 Å². The van der Waals surface area contributed by atoms with Gasteiger partial charge in [-0.1, -0.05) is 25.4 Å². The zero-order valence-corrected chi connectivity index (χ0v) is 18.9. The lowest BCUT2D eigenvalue weighted by Crippen LogP contribution is -2.51. The summed E-state index contributed by atoms with van der Waals surface area (Å²) in [5.41, 5.74) is -1.05. The van der Waals surface area contributed by atoms with E-state index in [2.05, 4.69) is 0 Å². The Kier molecular flexibility index (Phi) is 11.1. The van der Waals surface area contributed by atoms with Crippen LogP contribution in [0.5, 0.6) is 0 Å². The normalized spacial score (nSPS) is 13.6. The summed E-state index contributed by atoms with van der Waals surface area (Å²) in [4.78, 5) is 27.3. The van der Waals surface area contributed by atoms with Crippen LogP contribution in [0.1, 0.15) is 50.5 Å². The van der Waals surface area contributed by atoms with Crippen molar-refractivity contribution in [1.82, 2.24) is 9.80 Å². The summed E-state index contributed by atoms with van der Waals surface area (Å²) in [6, 6.07) is 0.860. The summed E-state index contributed by atoms with van der Waals surface area (Å²) in [6.07, 6.45) is -0.463. The standard InChI is InChI=1S/C17H21ClF2N2O3.C2H6.CH4O/c1-10-12(19)9-11(14(20)13(10)18)15(23)21-5-7-22(8-6-21)16(24)25-17(2,3)4;2*1-2/h9H,5-8H2,1-4H3;1-2H3;2H,1H3. The van der Waals surface area contributed by atoms with Crippen molar-refractivity contribution in [3.8, 4) is 0 Å². The number of hydrogen-bond donors (Lipinski definition) is 1. The van der Waals surface area contributed by atoms with Crippen molar-refractivity contribution in [3.63, 3.8) is 0 Å². The molecule has 0 spiro atoms. The molecule has 1 N–H and O–H groups in total. The van der Waals surface area contributed by atoms with E-state index in [1.807, 2.05) is 13.8 Å². The van der Waals surface area contributed by atoms with Crippen LogP contribution >= 0.6 is 11.6 Å². The first-order valence-electron chi connectivity index (χ1n) is 9.37. The van der Waals surface area contributed by atoms with Gasteiger partial charge in [0.2, 0.25) is 0 Å². The van der Waals surface area contributed by atoms with Gasteiger partial charge in [-0.3, -0.25) is 4.79 Å². The zero-order chi connectivity index (χ0) is 22.9. The molecule has 0 aromatic heterocycles. The monoisotopic (exact) mass is 436 g/mol. The molecule has 1 heterocycles. The van der Waals surface area contributed by atoms with Crippen LogP contribution in [0.3, 0.4) is 0 Å². The number of carbonyl (C=O) groups excluding carboxylic acids is 2. The minimum absolute atomic E-state index is 0.0366. The van der Waals surface area contributed by atoms with Crippen molar-refractivity contribution in [2.24, 2.45) is 0 Å². The number of rotatable bonds is 1.